The van der Waals surface area contributed by atoms with Crippen LogP contribution >= 0.6 is 22.9 Å². The van der Waals surface area contributed by atoms with Gasteiger partial charge in [-0.2, -0.15) is 4.39 Å². The number of hydrogen-bond donors (Lipinski definition) is 1. The first kappa shape index (κ1) is 26.2. The summed E-state index contributed by atoms with van der Waals surface area (Å²) in [6.45, 7) is 0. The van der Waals surface area contributed by atoms with Crippen molar-refractivity contribution in [2.45, 2.75) is 12.8 Å². The first-order valence-corrected chi connectivity index (χ1v) is 12.5. The second-order valence-corrected chi connectivity index (χ2v) is 9.64. The lowest BCUT2D eigenvalue weighted by atomic mass is 9.95. The first-order valence-electron chi connectivity index (χ1n) is 11.3. The summed E-state index contributed by atoms with van der Waals surface area (Å²) in [5.41, 5.74) is 2.66. The summed E-state index contributed by atoms with van der Waals surface area (Å²) in [7, 11) is 2.98. The fourth-order valence-corrected chi connectivity index (χ4v) is 4.90. The Kier molecular flexibility index (Phi) is 8.15. The Bertz CT molecular complexity index is 1410. The van der Waals surface area contributed by atoms with Crippen molar-refractivity contribution in [3.8, 4) is 28.3 Å². The Morgan fingerprint density at radius 2 is 1.89 bits per heavy atom. The molecule has 0 spiro atoms. The van der Waals surface area contributed by atoms with Gasteiger partial charge in [-0.15, -0.1) is 0 Å². The van der Waals surface area contributed by atoms with Gasteiger partial charge in [-0.25, -0.2) is 9.97 Å². The molecule has 37 heavy (non-hydrogen) atoms. The van der Waals surface area contributed by atoms with E-state index in [9.17, 15) is 14.7 Å². The number of benzene rings is 2. The number of methoxy groups -OCH3 is 1. The Hall–Kier alpha value is -3.82. The molecule has 0 fully saturated rings. The van der Waals surface area contributed by atoms with Crippen molar-refractivity contribution >= 4 is 39.9 Å². The molecular formula is C27H23ClFN3O4S. The third-order valence-electron chi connectivity index (χ3n) is 5.78. The zero-order valence-corrected chi connectivity index (χ0v) is 21.6. The highest BCUT2D eigenvalue weighted by Crippen LogP contribution is 2.39. The van der Waals surface area contributed by atoms with Crippen molar-refractivity contribution in [3.63, 3.8) is 0 Å². The number of amides is 1. The molecule has 4 rings (SSSR count). The van der Waals surface area contributed by atoms with Crippen molar-refractivity contribution in [3.05, 3.63) is 82.6 Å². The Balaban J connectivity index is 1.67. The number of rotatable bonds is 9. The summed E-state index contributed by atoms with van der Waals surface area (Å²) in [4.78, 5) is 34.7. The minimum atomic E-state index is -1.09. The smallest absolute Gasteiger partial charge is 0.304 e. The highest BCUT2D eigenvalue weighted by Gasteiger charge is 2.29. The van der Waals surface area contributed by atoms with Gasteiger partial charge in [0.15, 0.2) is 5.13 Å². The number of carboxylic acid groups (broad SMARTS) is 1. The quantitative estimate of drug-likeness (QED) is 0.282. The van der Waals surface area contributed by atoms with Gasteiger partial charge >= 0.3 is 5.97 Å². The van der Waals surface area contributed by atoms with Crippen LogP contribution in [0.3, 0.4) is 0 Å². The van der Waals surface area contributed by atoms with Crippen molar-refractivity contribution < 1.29 is 23.8 Å². The number of hydrogen-bond acceptors (Lipinski definition) is 6. The number of pyridine rings is 1. The summed E-state index contributed by atoms with van der Waals surface area (Å²) in [5.74, 6) is -1.96. The molecule has 1 N–H and O–H groups in total. The van der Waals surface area contributed by atoms with Crippen LogP contribution < -0.4 is 9.64 Å². The normalized spacial score (nSPS) is 11.7. The molecule has 1 amide bonds. The summed E-state index contributed by atoms with van der Waals surface area (Å²) in [5, 5.41) is 9.29. The number of carbonyl (C=O) groups is 2. The molecule has 0 aliphatic carbocycles. The summed E-state index contributed by atoms with van der Waals surface area (Å²) < 4.78 is 20.4. The van der Waals surface area contributed by atoms with E-state index in [1.54, 1.807) is 36.5 Å². The highest BCUT2D eigenvalue weighted by atomic mass is 35.5. The van der Waals surface area contributed by atoms with Crippen LogP contribution in [-0.4, -0.2) is 41.1 Å². The predicted octanol–water partition coefficient (Wildman–Crippen LogP) is 5.97. The zero-order chi connectivity index (χ0) is 26.5. The summed E-state index contributed by atoms with van der Waals surface area (Å²) >= 11 is 6.94. The largest absolute Gasteiger partial charge is 0.481 e. The SMILES string of the molecule is COc1ccc(-c2ccc(Cl)cc2-c2nc(N(C)C(=O)C(CC(=O)O)Cc3ccccc3)sc2F)cn1. The number of thiazole rings is 1. The van der Waals surface area contributed by atoms with Gasteiger partial charge < -0.3 is 9.84 Å². The summed E-state index contributed by atoms with van der Waals surface area (Å²) in [6.07, 6.45) is 1.48. The number of aliphatic carboxylic acids is 1. The van der Waals surface area contributed by atoms with E-state index in [-0.39, 0.29) is 23.7 Å². The monoisotopic (exact) mass is 539 g/mol. The second kappa shape index (κ2) is 11.5. The number of carbonyl (C=O) groups excluding carboxylic acids is 1. The predicted molar refractivity (Wildman–Crippen MR) is 142 cm³/mol. The number of ether oxygens (including phenoxy) is 1. The molecule has 1 atom stereocenters. The van der Waals surface area contributed by atoms with Crippen LogP contribution in [0.2, 0.25) is 5.02 Å². The molecule has 10 heteroatoms. The van der Waals surface area contributed by atoms with Gasteiger partial charge in [0.05, 0.1) is 19.4 Å². The molecule has 0 aliphatic heterocycles. The molecule has 0 saturated carbocycles. The first-order chi connectivity index (χ1) is 17.8. The minimum absolute atomic E-state index is 0.0332. The average molecular weight is 540 g/mol. The third-order valence-corrected chi connectivity index (χ3v) is 6.94. The maximum atomic E-state index is 15.3. The highest BCUT2D eigenvalue weighted by molar-refractivity contribution is 7.14. The van der Waals surface area contributed by atoms with E-state index in [1.807, 2.05) is 30.3 Å². The van der Waals surface area contributed by atoms with Crippen LogP contribution in [0.25, 0.3) is 22.4 Å². The molecule has 2 heterocycles. The van der Waals surface area contributed by atoms with Gasteiger partial charge in [-0.1, -0.05) is 59.3 Å². The fraction of sp³-hybridized carbons (Fsp3) is 0.185. The van der Waals surface area contributed by atoms with E-state index in [0.717, 1.165) is 5.56 Å². The molecule has 0 radical (unpaired) electrons. The molecule has 4 aromatic rings. The van der Waals surface area contributed by atoms with E-state index < -0.39 is 22.9 Å². The molecule has 190 valence electrons. The molecule has 2 aromatic heterocycles. The Morgan fingerprint density at radius 3 is 2.54 bits per heavy atom. The van der Waals surface area contributed by atoms with E-state index in [2.05, 4.69) is 9.97 Å². The topological polar surface area (TPSA) is 92.6 Å². The number of nitrogens with zero attached hydrogens (tertiary/aromatic N) is 3. The van der Waals surface area contributed by atoms with Gasteiger partial charge in [-0.05, 0) is 35.7 Å². The van der Waals surface area contributed by atoms with Crippen LogP contribution in [0.1, 0.15) is 12.0 Å². The Labute approximate surface area is 222 Å². The molecule has 2 aromatic carbocycles. The zero-order valence-electron chi connectivity index (χ0n) is 20.0. The lowest BCUT2D eigenvalue weighted by Crippen LogP contribution is -2.35. The number of aromatic nitrogens is 2. The molecular weight excluding hydrogens is 517 g/mol. The maximum absolute atomic E-state index is 15.3. The third kappa shape index (κ3) is 6.12. The van der Waals surface area contributed by atoms with Gasteiger partial charge in [0.25, 0.3) is 0 Å². The van der Waals surface area contributed by atoms with Gasteiger partial charge in [0, 0.05) is 35.5 Å². The number of anilines is 1. The maximum Gasteiger partial charge on any atom is 0.304 e. The van der Waals surface area contributed by atoms with Crippen molar-refractivity contribution in [1.82, 2.24) is 9.97 Å². The number of carboxylic acids is 1. The van der Waals surface area contributed by atoms with Crippen LogP contribution in [0, 0.1) is 11.0 Å². The second-order valence-electron chi connectivity index (χ2n) is 8.28. The van der Waals surface area contributed by atoms with Crippen molar-refractivity contribution in [1.29, 1.82) is 0 Å². The molecule has 1 unspecified atom stereocenters. The van der Waals surface area contributed by atoms with E-state index >= 15 is 4.39 Å². The molecule has 7 nitrogen and oxygen atoms in total. The van der Waals surface area contributed by atoms with Crippen molar-refractivity contribution in [2.75, 3.05) is 19.1 Å². The van der Waals surface area contributed by atoms with Crippen LogP contribution in [-0.2, 0) is 16.0 Å². The van der Waals surface area contributed by atoms with Gasteiger partial charge in [-0.3, -0.25) is 14.5 Å². The van der Waals surface area contributed by atoms with E-state index in [1.165, 1.54) is 19.1 Å². The van der Waals surface area contributed by atoms with Crippen LogP contribution in [0.5, 0.6) is 5.88 Å². The van der Waals surface area contributed by atoms with E-state index in [4.69, 9.17) is 16.3 Å². The van der Waals surface area contributed by atoms with Crippen LogP contribution in [0.4, 0.5) is 9.52 Å². The van der Waals surface area contributed by atoms with Gasteiger partial charge in [0.2, 0.25) is 16.9 Å². The molecule has 0 bridgehead atoms. The molecule has 0 saturated heterocycles. The lowest BCUT2D eigenvalue weighted by Gasteiger charge is -2.21. The summed E-state index contributed by atoms with van der Waals surface area (Å²) in [6, 6.07) is 17.7. The minimum Gasteiger partial charge on any atom is -0.481 e. The van der Waals surface area contributed by atoms with Crippen LogP contribution in [0.15, 0.2) is 66.9 Å². The fourth-order valence-electron chi connectivity index (χ4n) is 3.95. The average Bonchev–Trinajstić information content (AvgIpc) is 3.29. The van der Waals surface area contributed by atoms with E-state index in [0.29, 0.717) is 38.9 Å². The molecule has 0 aliphatic rings. The Morgan fingerprint density at radius 1 is 1.14 bits per heavy atom. The van der Waals surface area contributed by atoms with Gasteiger partial charge in [0.1, 0.15) is 5.69 Å². The number of halogens is 2. The lowest BCUT2D eigenvalue weighted by molar-refractivity contribution is -0.140. The standard InChI is InChI=1S/C27H23ClFN3O4S/c1-32(26(35)18(13-23(33)34)12-16-6-4-3-5-7-16)27-31-24(25(29)37-27)21-14-19(28)9-10-20(21)17-8-11-22(36-2)30-15-17/h3-11,14-15,18H,12-13H2,1-2H3,(H,33,34). The van der Waals surface area contributed by atoms with Crippen molar-refractivity contribution in [2.24, 2.45) is 5.92 Å².